The molecule has 0 heterocycles. The van der Waals surface area contributed by atoms with Gasteiger partial charge in [0.15, 0.2) is 0 Å². The van der Waals surface area contributed by atoms with Crippen LogP contribution in [0.1, 0.15) is 32.1 Å². The van der Waals surface area contributed by atoms with E-state index in [1.54, 1.807) is 0 Å². The Morgan fingerprint density at radius 3 is 1.73 bits per heavy atom. The molecule has 0 aromatic heterocycles. The molecule has 0 bridgehead atoms. The first kappa shape index (κ1) is 21.6. The monoisotopic (exact) mass is 351 g/mol. The van der Waals surface area contributed by atoms with Crippen LogP contribution in [0.5, 0.6) is 0 Å². The first-order chi connectivity index (χ1) is 10.5. The summed E-state index contributed by atoms with van der Waals surface area (Å²) in [6.07, 6.45) is 3.19. The van der Waals surface area contributed by atoms with Crippen LogP contribution >= 0.6 is 25.3 Å². The van der Waals surface area contributed by atoms with E-state index in [4.69, 9.17) is 9.47 Å². The molecule has 0 fully saturated rings. The molecular weight excluding hydrogens is 322 g/mol. The fraction of sp³-hybridized carbons (Fsp3) is 0.867. The van der Waals surface area contributed by atoms with Gasteiger partial charge in [-0.1, -0.05) is 0 Å². The van der Waals surface area contributed by atoms with Gasteiger partial charge in [-0.25, -0.2) is 0 Å². The molecule has 0 aromatic carbocycles. The Kier molecular flexibility index (Phi) is 14.0. The van der Waals surface area contributed by atoms with Crippen LogP contribution in [0.3, 0.4) is 0 Å². The highest BCUT2D eigenvalue weighted by Crippen LogP contribution is 2.19. The molecule has 0 aliphatic carbocycles. The number of nitrogens with zero attached hydrogens (tertiary/aromatic N) is 1. The third kappa shape index (κ3) is 13.3. The zero-order valence-electron chi connectivity index (χ0n) is 13.6. The number of hydrogen-bond acceptors (Lipinski definition) is 7. The second-order valence-corrected chi connectivity index (χ2v) is 6.32. The highest BCUT2D eigenvalue weighted by molar-refractivity contribution is 7.80. The smallest absolute Gasteiger partial charge is 0.305 e. The van der Waals surface area contributed by atoms with Gasteiger partial charge in [0.1, 0.15) is 13.2 Å². The van der Waals surface area contributed by atoms with Crippen LogP contribution < -0.4 is 0 Å². The number of hydrogen-bond donors (Lipinski definition) is 2. The van der Waals surface area contributed by atoms with Crippen molar-refractivity contribution in [2.45, 2.75) is 32.1 Å². The number of carbonyl (C=O) groups is 2. The average Bonchev–Trinajstić information content (AvgIpc) is 2.49. The maximum atomic E-state index is 11.6. The molecule has 0 saturated heterocycles. The molecular formula is C15H29NO4S2. The predicted molar refractivity (Wildman–Crippen MR) is 94.8 cm³/mol. The summed E-state index contributed by atoms with van der Waals surface area (Å²) in [4.78, 5) is 25.2. The fourth-order valence-electron chi connectivity index (χ4n) is 1.98. The van der Waals surface area contributed by atoms with Gasteiger partial charge in [-0.3, -0.25) is 9.59 Å². The molecule has 0 aliphatic rings. The second kappa shape index (κ2) is 14.2. The molecule has 0 atom stereocenters. The van der Waals surface area contributed by atoms with E-state index in [9.17, 15) is 9.59 Å². The summed E-state index contributed by atoms with van der Waals surface area (Å²) >= 11 is 8.01. The van der Waals surface area contributed by atoms with Gasteiger partial charge in [0.05, 0.1) is 0 Å². The van der Waals surface area contributed by atoms with Crippen molar-refractivity contribution in [1.29, 1.82) is 0 Å². The van der Waals surface area contributed by atoms with Crippen LogP contribution in [0, 0.1) is 5.92 Å². The number of ether oxygens (including phenoxy) is 2. The number of rotatable bonds is 13. The summed E-state index contributed by atoms with van der Waals surface area (Å²) in [6.45, 7) is 1.63. The Balaban J connectivity index is 4.13. The van der Waals surface area contributed by atoms with Gasteiger partial charge in [-0.05, 0) is 45.8 Å². The third-order valence-electron chi connectivity index (χ3n) is 3.21. The van der Waals surface area contributed by atoms with Crippen molar-refractivity contribution in [1.82, 2.24) is 4.90 Å². The third-order valence-corrected chi connectivity index (χ3v) is 3.57. The minimum absolute atomic E-state index is 0.193. The van der Waals surface area contributed by atoms with E-state index in [1.807, 2.05) is 14.1 Å². The first-order valence-corrected chi connectivity index (χ1v) is 8.93. The normalized spacial score (nSPS) is 11.0. The van der Waals surface area contributed by atoms with Gasteiger partial charge in [0, 0.05) is 24.3 Å². The molecule has 0 unspecified atom stereocenters. The summed E-state index contributed by atoms with van der Waals surface area (Å²) < 4.78 is 10.0. The molecule has 0 aliphatic heterocycles. The maximum Gasteiger partial charge on any atom is 0.305 e. The van der Waals surface area contributed by atoms with Gasteiger partial charge >= 0.3 is 11.9 Å². The summed E-state index contributed by atoms with van der Waals surface area (Å²) in [6, 6.07) is 0. The van der Waals surface area contributed by atoms with Crippen LogP contribution in [0.4, 0.5) is 0 Å². The minimum Gasteiger partial charge on any atom is -0.465 e. The van der Waals surface area contributed by atoms with Gasteiger partial charge in [0.2, 0.25) is 0 Å². The molecule has 0 spiro atoms. The van der Waals surface area contributed by atoms with E-state index in [2.05, 4.69) is 30.2 Å². The summed E-state index contributed by atoms with van der Waals surface area (Å²) in [5.74, 6) is 0.997. The molecule has 0 amide bonds. The molecule has 0 saturated carbocycles. The summed E-state index contributed by atoms with van der Waals surface area (Å²) in [5.41, 5.74) is 0. The lowest BCUT2D eigenvalue weighted by molar-refractivity contribution is -0.143. The number of thiol groups is 2. The van der Waals surface area contributed by atoms with E-state index in [0.29, 0.717) is 43.5 Å². The van der Waals surface area contributed by atoms with Crippen LogP contribution in [-0.4, -0.2) is 62.2 Å². The van der Waals surface area contributed by atoms with E-state index in [0.717, 1.165) is 25.8 Å². The van der Waals surface area contributed by atoms with Crippen LogP contribution in [0.15, 0.2) is 0 Å². The van der Waals surface area contributed by atoms with E-state index in [-0.39, 0.29) is 11.9 Å². The molecule has 0 N–H and O–H groups in total. The second-order valence-electron chi connectivity index (χ2n) is 5.42. The highest BCUT2D eigenvalue weighted by Gasteiger charge is 2.15. The van der Waals surface area contributed by atoms with Crippen molar-refractivity contribution in [2.75, 3.05) is 45.4 Å². The zero-order valence-corrected chi connectivity index (χ0v) is 15.4. The Bertz CT molecular complexity index is 290. The highest BCUT2D eigenvalue weighted by atomic mass is 32.1. The predicted octanol–water partition coefficient (Wildman–Crippen LogP) is 2.06. The molecule has 130 valence electrons. The van der Waals surface area contributed by atoms with Crippen molar-refractivity contribution in [2.24, 2.45) is 5.92 Å². The van der Waals surface area contributed by atoms with Crippen LogP contribution in [0.25, 0.3) is 0 Å². The minimum atomic E-state index is -0.193. The fourth-order valence-corrected chi connectivity index (χ4v) is 2.16. The molecule has 7 heteroatoms. The van der Waals surface area contributed by atoms with Crippen molar-refractivity contribution in [3.05, 3.63) is 0 Å². The summed E-state index contributed by atoms with van der Waals surface area (Å²) in [7, 11) is 4.03. The lowest BCUT2D eigenvalue weighted by Gasteiger charge is -2.18. The number of esters is 2. The van der Waals surface area contributed by atoms with Gasteiger partial charge in [-0.15, -0.1) is 0 Å². The average molecular weight is 352 g/mol. The molecule has 0 radical (unpaired) electrons. The molecule has 5 nitrogen and oxygen atoms in total. The van der Waals surface area contributed by atoms with Crippen molar-refractivity contribution >= 4 is 37.2 Å². The Morgan fingerprint density at radius 2 is 1.36 bits per heavy atom. The topological polar surface area (TPSA) is 55.8 Å². The quantitative estimate of drug-likeness (QED) is 0.393. The lowest BCUT2D eigenvalue weighted by Crippen LogP contribution is -2.19. The molecule has 0 aromatic rings. The largest absolute Gasteiger partial charge is 0.465 e. The Labute approximate surface area is 144 Å². The standard InChI is InChI=1S/C15H29NO4S2/c1-16(2)8-7-13(3-5-14(17)19-9-11-21)4-6-15(18)20-10-12-22/h13,21-22H,3-12H2,1-2H3. The Hall–Kier alpha value is -0.400. The number of carbonyl (C=O) groups excluding carboxylic acids is 2. The van der Waals surface area contributed by atoms with E-state index < -0.39 is 0 Å². The van der Waals surface area contributed by atoms with Crippen molar-refractivity contribution < 1.29 is 19.1 Å². The van der Waals surface area contributed by atoms with Crippen molar-refractivity contribution in [3.63, 3.8) is 0 Å². The zero-order chi connectivity index (χ0) is 16.8. The summed E-state index contributed by atoms with van der Waals surface area (Å²) in [5, 5.41) is 0. The first-order valence-electron chi connectivity index (χ1n) is 7.67. The lowest BCUT2D eigenvalue weighted by atomic mass is 9.94. The van der Waals surface area contributed by atoms with Crippen LogP contribution in [-0.2, 0) is 19.1 Å². The van der Waals surface area contributed by atoms with E-state index >= 15 is 0 Å². The van der Waals surface area contributed by atoms with Gasteiger partial charge in [0.25, 0.3) is 0 Å². The molecule has 0 rings (SSSR count). The maximum absolute atomic E-state index is 11.6. The van der Waals surface area contributed by atoms with Crippen molar-refractivity contribution in [3.8, 4) is 0 Å². The van der Waals surface area contributed by atoms with Gasteiger partial charge < -0.3 is 14.4 Å². The molecule has 22 heavy (non-hydrogen) atoms. The van der Waals surface area contributed by atoms with Crippen LogP contribution in [0.2, 0.25) is 0 Å². The SMILES string of the molecule is CN(C)CCC(CCC(=O)OCCS)CCC(=O)OCCS. The van der Waals surface area contributed by atoms with E-state index in [1.165, 1.54) is 0 Å². The van der Waals surface area contributed by atoms with Gasteiger partial charge in [-0.2, -0.15) is 25.3 Å². The Morgan fingerprint density at radius 1 is 0.909 bits per heavy atom.